The van der Waals surface area contributed by atoms with Crippen LogP contribution in [0.3, 0.4) is 0 Å². The zero-order chi connectivity index (χ0) is 6.62. The molecule has 0 saturated carbocycles. The van der Waals surface area contributed by atoms with E-state index in [2.05, 4.69) is 0 Å². The first-order valence-corrected chi connectivity index (χ1v) is 2.41. The van der Waals surface area contributed by atoms with Gasteiger partial charge in [-0.1, -0.05) is 6.08 Å². The molecule has 0 amide bonds. The highest BCUT2D eigenvalue weighted by molar-refractivity contribution is 5.64. The van der Waals surface area contributed by atoms with Crippen molar-refractivity contribution >= 4 is 6.29 Å². The van der Waals surface area contributed by atoms with Crippen LogP contribution in [0.4, 0.5) is 0 Å². The molecule has 2 nitrogen and oxygen atoms in total. The van der Waals surface area contributed by atoms with Gasteiger partial charge in [-0.2, -0.15) is 0 Å². The first-order valence-electron chi connectivity index (χ1n) is 2.41. The molecule has 1 N–H and O–H groups in total. The van der Waals surface area contributed by atoms with Crippen LogP contribution in [0.5, 0.6) is 0 Å². The van der Waals surface area contributed by atoms with E-state index in [1.54, 1.807) is 13.8 Å². The van der Waals surface area contributed by atoms with Gasteiger partial charge >= 0.3 is 0 Å². The van der Waals surface area contributed by atoms with Crippen molar-refractivity contribution in [3.63, 3.8) is 0 Å². The van der Waals surface area contributed by atoms with Crippen LogP contribution in [-0.2, 0) is 4.79 Å². The van der Waals surface area contributed by atoms with Crippen molar-refractivity contribution in [1.82, 2.24) is 0 Å². The van der Waals surface area contributed by atoms with Gasteiger partial charge in [0.2, 0.25) is 0 Å². The first-order chi connectivity index (χ1) is 3.56. The average Bonchev–Trinajstić information content (AvgIpc) is 1.59. The minimum Gasteiger partial charge on any atom is -0.386 e. The van der Waals surface area contributed by atoms with E-state index in [1.807, 2.05) is 0 Å². The van der Waals surface area contributed by atoms with E-state index in [1.165, 1.54) is 12.2 Å². The molecule has 0 atom stereocenters. The highest BCUT2D eigenvalue weighted by Crippen LogP contribution is 2.00. The van der Waals surface area contributed by atoms with Crippen LogP contribution in [0, 0.1) is 0 Å². The van der Waals surface area contributed by atoms with Gasteiger partial charge < -0.3 is 5.11 Å². The van der Waals surface area contributed by atoms with Crippen molar-refractivity contribution in [3.8, 4) is 0 Å². The molecule has 0 aliphatic rings. The predicted molar refractivity (Wildman–Crippen MR) is 31.5 cm³/mol. The summed E-state index contributed by atoms with van der Waals surface area (Å²) in [6.07, 6.45) is 3.35. The number of hydrogen-bond donors (Lipinski definition) is 1. The third-order valence-corrected chi connectivity index (χ3v) is 0.583. The second-order valence-electron chi connectivity index (χ2n) is 2.15. The number of aliphatic hydroxyl groups is 1. The molecule has 46 valence electrons. The molecule has 0 saturated heterocycles. The molecule has 8 heavy (non-hydrogen) atoms. The number of hydrogen-bond acceptors (Lipinski definition) is 2. The van der Waals surface area contributed by atoms with E-state index in [4.69, 9.17) is 5.11 Å². The minimum absolute atomic E-state index is 0.637. The van der Waals surface area contributed by atoms with E-state index in [0.717, 1.165) is 0 Å². The largest absolute Gasteiger partial charge is 0.386 e. The summed E-state index contributed by atoms with van der Waals surface area (Å²) >= 11 is 0. The van der Waals surface area contributed by atoms with Crippen LogP contribution < -0.4 is 0 Å². The standard InChI is InChI=1S/C6H10O2/c1-6(2,8)4-3-5-7/h3-5,8H,1-2H3/b4-3-. The SMILES string of the molecule is CC(C)(O)/C=C\C=O. The highest BCUT2D eigenvalue weighted by atomic mass is 16.3. The fourth-order valence-electron chi connectivity index (χ4n) is 0.275. The monoisotopic (exact) mass is 114 g/mol. The maximum Gasteiger partial charge on any atom is 0.142 e. The van der Waals surface area contributed by atoms with E-state index < -0.39 is 5.60 Å². The van der Waals surface area contributed by atoms with Crippen molar-refractivity contribution in [1.29, 1.82) is 0 Å². The molecular weight excluding hydrogens is 104 g/mol. The van der Waals surface area contributed by atoms with Gasteiger partial charge in [0, 0.05) is 0 Å². The summed E-state index contributed by atoms with van der Waals surface area (Å²) in [7, 11) is 0. The molecule has 0 fully saturated rings. The maximum atomic E-state index is 9.65. The summed E-state index contributed by atoms with van der Waals surface area (Å²) in [5.74, 6) is 0. The van der Waals surface area contributed by atoms with Crippen LogP contribution in [0.25, 0.3) is 0 Å². The number of aldehydes is 1. The third-order valence-electron chi connectivity index (χ3n) is 0.583. The Morgan fingerprint density at radius 2 is 2.00 bits per heavy atom. The lowest BCUT2D eigenvalue weighted by Gasteiger charge is -2.08. The molecule has 0 aromatic rings. The number of rotatable bonds is 2. The number of carbonyl (C=O) groups excluding carboxylic acids is 1. The smallest absolute Gasteiger partial charge is 0.142 e. The summed E-state index contributed by atoms with van der Waals surface area (Å²) in [4.78, 5) is 9.65. The minimum atomic E-state index is -0.860. The lowest BCUT2D eigenvalue weighted by Crippen LogP contribution is -2.13. The molecule has 0 aliphatic heterocycles. The lowest BCUT2D eigenvalue weighted by molar-refractivity contribution is -0.104. The average molecular weight is 114 g/mol. The van der Waals surface area contributed by atoms with Crippen LogP contribution in [-0.4, -0.2) is 17.0 Å². The molecule has 0 aromatic heterocycles. The summed E-state index contributed by atoms with van der Waals surface area (Å²) in [6.45, 7) is 3.21. The van der Waals surface area contributed by atoms with Gasteiger partial charge in [-0.25, -0.2) is 0 Å². The molecule has 2 heteroatoms. The Bertz CT molecular complexity index is 97.6. The van der Waals surface area contributed by atoms with Gasteiger partial charge in [-0.05, 0) is 19.9 Å². The van der Waals surface area contributed by atoms with Crippen molar-refractivity contribution in [2.45, 2.75) is 19.4 Å². The van der Waals surface area contributed by atoms with Gasteiger partial charge in [0.1, 0.15) is 6.29 Å². The third kappa shape index (κ3) is 5.37. The maximum absolute atomic E-state index is 9.65. The molecule has 0 bridgehead atoms. The van der Waals surface area contributed by atoms with Crippen LogP contribution in [0.15, 0.2) is 12.2 Å². The normalized spacial score (nSPS) is 12.4. The Kier molecular flexibility index (Phi) is 2.42. The van der Waals surface area contributed by atoms with Gasteiger partial charge in [0.25, 0.3) is 0 Å². The number of carbonyl (C=O) groups is 1. The van der Waals surface area contributed by atoms with Crippen LogP contribution >= 0.6 is 0 Å². The fraction of sp³-hybridized carbons (Fsp3) is 0.500. The Morgan fingerprint density at radius 3 is 2.12 bits per heavy atom. The van der Waals surface area contributed by atoms with Crippen molar-refractivity contribution in [2.24, 2.45) is 0 Å². The van der Waals surface area contributed by atoms with Crippen molar-refractivity contribution in [3.05, 3.63) is 12.2 Å². The Morgan fingerprint density at radius 1 is 1.50 bits per heavy atom. The molecular formula is C6H10O2. The highest BCUT2D eigenvalue weighted by Gasteiger charge is 2.04. The zero-order valence-corrected chi connectivity index (χ0v) is 5.09. The van der Waals surface area contributed by atoms with E-state index in [9.17, 15) is 4.79 Å². The Labute approximate surface area is 48.8 Å². The molecule has 0 spiro atoms. The summed E-state index contributed by atoms with van der Waals surface area (Å²) in [6, 6.07) is 0. The summed E-state index contributed by atoms with van der Waals surface area (Å²) < 4.78 is 0. The topological polar surface area (TPSA) is 37.3 Å². The number of allylic oxidation sites excluding steroid dienone is 1. The first kappa shape index (κ1) is 7.37. The zero-order valence-electron chi connectivity index (χ0n) is 5.09. The molecule has 0 radical (unpaired) electrons. The van der Waals surface area contributed by atoms with Crippen molar-refractivity contribution < 1.29 is 9.90 Å². The summed E-state index contributed by atoms with van der Waals surface area (Å²) in [5, 5.41) is 8.90. The molecule has 0 aliphatic carbocycles. The molecule has 0 heterocycles. The molecule has 0 unspecified atom stereocenters. The second kappa shape index (κ2) is 2.62. The van der Waals surface area contributed by atoms with Gasteiger partial charge in [-0.3, -0.25) is 4.79 Å². The van der Waals surface area contributed by atoms with E-state index in [0.29, 0.717) is 6.29 Å². The lowest BCUT2D eigenvalue weighted by atomic mass is 10.1. The Hall–Kier alpha value is -0.630. The molecule has 0 rings (SSSR count). The van der Waals surface area contributed by atoms with Gasteiger partial charge in [-0.15, -0.1) is 0 Å². The quantitative estimate of drug-likeness (QED) is 0.419. The van der Waals surface area contributed by atoms with Crippen LogP contribution in [0.1, 0.15) is 13.8 Å². The van der Waals surface area contributed by atoms with E-state index in [-0.39, 0.29) is 0 Å². The Balaban J connectivity index is 3.69. The molecule has 0 aromatic carbocycles. The van der Waals surface area contributed by atoms with Crippen LogP contribution in [0.2, 0.25) is 0 Å². The van der Waals surface area contributed by atoms with Gasteiger partial charge in [0.05, 0.1) is 5.60 Å². The predicted octanol–water partition coefficient (Wildman–Crippen LogP) is 0.512. The van der Waals surface area contributed by atoms with E-state index >= 15 is 0 Å². The second-order valence-corrected chi connectivity index (χ2v) is 2.15. The van der Waals surface area contributed by atoms with Crippen molar-refractivity contribution in [2.75, 3.05) is 0 Å². The summed E-state index contributed by atoms with van der Waals surface area (Å²) in [5.41, 5.74) is -0.860. The van der Waals surface area contributed by atoms with Gasteiger partial charge in [0.15, 0.2) is 0 Å². The fourth-order valence-corrected chi connectivity index (χ4v) is 0.275.